The maximum absolute atomic E-state index is 13.4. The van der Waals surface area contributed by atoms with Crippen LogP contribution < -0.4 is 10.5 Å². The Balaban J connectivity index is 1.58. The van der Waals surface area contributed by atoms with Gasteiger partial charge in [0.25, 0.3) is 11.5 Å². The lowest BCUT2D eigenvalue weighted by atomic mass is 10.1. The number of carbonyl (C=O) groups excluding carboxylic acids is 1. The van der Waals surface area contributed by atoms with Gasteiger partial charge >= 0.3 is 0 Å². The molecule has 0 unspecified atom stereocenters. The molecule has 1 saturated heterocycles. The number of hydrogen-bond acceptors (Lipinski definition) is 3. The van der Waals surface area contributed by atoms with Crippen molar-refractivity contribution >= 4 is 22.4 Å². The van der Waals surface area contributed by atoms with Gasteiger partial charge in [-0.05, 0) is 42.7 Å². The summed E-state index contributed by atoms with van der Waals surface area (Å²) >= 11 is 0. The smallest absolute Gasteiger partial charge is 0.258 e. The summed E-state index contributed by atoms with van der Waals surface area (Å²) < 4.78 is 14.9. The predicted molar refractivity (Wildman–Crippen MR) is 122 cm³/mol. The van der Waals surface area contributed by atoms with E-state index in [0.717, 1.165) is 12.1 Å². The highest BCUT2D eigenvalue weighted by molar-refractivity contribution is 6.06. The molecule has 0 bridgehead atoms. The molecule has 2 heterocycles. The van der Waals surface area contributed by atoms with Crippen molar-refractivity contribution in [2.75, 3.05) is 31.1 Å². The number of hydrogen-bond donors (Lipinski definition) is 0. The van der Waals surface area contributed by atoms with Crippen LogP contribution in [0.1, 0.15) is 30.6 Å². The van der Waals surface area contributed by atoms with Crippen LogP contribution in [0.4, 0.5) is 10.1 Å². The molecular weight excluding hydrogens is 393 g/mol. The van der Waals surface area contributed by atoms with Gasteiger partial charge in [-0.25, -0.2) is 4.39 Å². The van der Waals surface area contributed by atoms with Crippen LogP contribution in [0.3, 0.4) is 0 Å². The van der Waals surface area contributed by atoms with E-state index in [9.17, 15) is 14.0 Å². The summed E-state index contributed by atoms with van der Waals surface area (Å²) in [6.45, 7) is 7.37. The Hall–Kier alpha value is -3.15. The maximum Gasteiger partial charge on any atom is 0.258 e. The average molecular weight is 422 g/mol. The molecule has 5 nitrogen and oxygen atoms in total. The van der Waals surface area contributed by atoms with Crippen LogP contribution in [0.25, 0.3) is 10.8 Å². The van der Waals surface area contributed by atoms with Crippen LogP contribution in [0.5, 0.6) is 0 Å². The maximum atomic E-state index is 13.4. The second kappa shape index (κ2) is 8.92. The van der Waals surface area contributed by atoms with Crippen LogP contribution in [-0.2, 0) is 6.54 Å². The quantitative estimate of drug-likeness (QED) is 0.622. The van der Waals surface area contributed by atoms with Gasteiger partial charge in [0.2, 0.25) is 0 Å². The zero-order chi connectivity index (χ0) is 22.0. The SMILES string of the molecule is CC(C)CCn1cc(C(=O)N2CCN(c3ccc(F)cc3)CC2)c2ccccc2c1=O. The zero-order valence-electron chi connectivity index (χ0n) is 18.1. The third kappa shape index (κ3) is 4.48. The number of carbonyl (C=O) groups is 1. The van der Waals surface area contributed by atoms with E-state index in [1.807, 2.05) is 23.1 Å². The minimum atomic E-state index is -0.253. The fraction of sp³-hybridized carbons (Fsp3) is 0.360. The topological polar surface area (TPSA) is 45.6 Å². The van der Waals surface area contributed by atoms with Gasteiger partial charge in [0.1, 0.15) is 5.82 Å². The monoisotopic (exact) mass is 421 g/mol. The van der Waals surface area contributed by atoms with Gasteiger partial charge in [-0.2, -0.15) is 0 Å². The van der Waals surface area contributed by atoms with E-state index in [1.165, 1.54) is 12.1 Å². The number of pyridine rings is 1. The number of rotatable bonds is 5. The number of anilines is 1. The van der Waals surface area contributed by atoms with Crippen molar-refractivity contribution in [1.29, 1.82) is 0 Å². The van der Waals surface area contributed by atoms with Crippen LogP contribution in [0, 0.1) is 11.7 Å². The second-order valence-electron chi connectivity index (χ2n) is 8.53. The Bertz CT molecular complexity index is 1130. The molecule has 0 N–H and O–H groups in total. The third-order valence-corrected chi connectivity index (χ3v) is 5.93. The first kappa shape index (κ1) is 21.1. The second-order valence-corrected chi connectivity index (χ2v) is 8.53. The summed E-state index contributed by atoms with van der Waals surface area (Å²) in [5.41, 5.74) is 1.49. The molecule has 1 aliphatic heterocycles. The largest absolute Gasteiger partial charge is 0.368 e. The minimum absolute atomic E-state index is 0.0473. The van der Waals surface area contributed by atoms with Crippen molar-refractivity contribution in [1.82, 2.24) is 9.47 Å². The number of aromatic nitrogens is 1. The standard InChI is InChI=1S/C25H28FN3O2/c1-18(2)11-12-29-17-23(21-5-3-4-6-22(21)24(29)30)25(31)28-15-13-27(14-16-28)20-9-7-19(26)8-10-20/h3-10,17-18H,11-16H2,1-2H3. The highest BCUT2D eigenvalue weighted by atomic mass is 19.1. The van der Waals surface area contributed by atoms with E-state index >= 15 is 0 Å². The third-order valence-electron chi connectivity index (χ3n) is 5.93. The van der Waals surface area contributed by atoms with Gasteiger partial charge in [-0.15, -0.1) is 0 Å². The molecule has 0 radical (unpaired) electrons. The minimum Gasteiger partial charge on any atom is -0.368 e. The van der Waals surface area contributed by atoms with Gasteiger partial charge in [-0.3, -0.25) is 9.59 Å². The first-order chi connectivity index (χ1) is 14.9. The molecule has 0 aliphatic carbocycles. The summed E-state index contributed by atoms with van der Waals surface area (Å²) in [6.07, 6.45) is 2.62. The van der Waals surface area contributed by atoms with E-state index in [4.69, 9.17) is 0 Å². The molecule has 31 heavy (non-hydrogen) atoms. The van der Waals surface area contributed by atoms with E-state index in [0.29, 0.717) is 55.0 Å². The predicted octanol–water partition coefficient (Wildman–Crippen LogP) is 4.15. The molecule has 0 spiro atoms. The number of benzene rings is 2. The molecule has 0 atom stereocenters. The van der Waals surface area contributed by atoms with Gasteiger partial charge < -0.3 is 14.4 Å². The van der Waals surface area contributed by atoms with E-state index in [2.05, 4.69) is 18.7 Å². The van der Waals surface area contributed by atoms with Crippen molar-refractivity contribution in [3.63, 3.8) is 0 Å². The summed E-state index contributed by atoms with van der Waals surface area (Å²) in [6, 6.07) is 13.8. The fourth-order valence-electron chi connectivity index (χ4n) is 4.07. The zero-order valence-corrected chi connectivity index (χ0v) is 18.1. The van der Waals surface area contributed by atoms with E-state index in [1.54, 1.807) is 29.0 Å². The van der Waals surface area contributed by atoms with Gasteiger partial charge in [-0.1, -0.05) is 32.0 Å². The summed E-state index contributed by atoms with van der Waals surface area (Å²) in [5, 5.41) is 1.29. The number of piperazine rings is 1. The summed E-state index contributed by atoms with van der Waals surface area (Å²) in [4.78, 5) is 30.4. The molecule has 1 aliphatic rings. The van der Waals surface area contributed by atoms with Gasteiger partial charge in [0, 0.05) is 55.4 Å². The van der Waals surface area contributed by atoms with Gasteiger partial charge in [0.15, 0.2) is 0 Å². The molecule has 4 rings (SSSR count). The molecule has 1 aromatic heterocycles. The van der Waals surface area contributed by atoms with E-state index < -0.39 is 0 Å². The fourth-order valence-corrected chi connectivity index (χ4v) is 4.07. The lowest BCUT2D eigenvalue weighted by Crippen LogP contribution is -2.49. The Morgan fingerprint density at radius 1 is 0.968 bits per heavy atom. The lowest BCUT2D eigenvalue weighted by Gasteiger charge is -2.36. The summed E-state index contributed by atoms with van der Waals surface area (Å²) in [7, 11) is 0. The Morgan fingerprint density at radius 2 is 1.61 bits per heavy atom. The highest BCUT2D eigenvalue weighted by Gasteiger charge is 2.25. The first-order valence-electron chi connectivity index (χ1n) is 10.9. The summed E-state index contributed by atoms with van der Waals surface area (Å²) in [5.74, 6) is 0.169. The molecule has 1 amide bonds. The Labute approximate surface area is 181 Å². The van der Waals surface area contributed by atoms with E-state index in [-0.39, 0.29) is 17.3 Å². The normalized spacial score (nSPS) is 14.5. The molecule has 6 heteroatoms. The van der Waals surface area contributed by atoms with Crippen molar-refractivity contribution in [3.05, 3.63) is 76.5 Å². The lowest BCUT2D eigenvalue weighted by molar-refractivity contribution is 0.0748. The van der Waals surface area contributed by atoms with Crippen LogP contribution in [0.2, 0.25) is 0 Å². The average Bonchev–Trinajstić information content (AvgIpc) is 2.79. The highest BCUT2D eigenvalue weighted by Crippen LogP contribution is 2.21. The number of aryl methyl sites for hydroxylation is 1. The number of halogens is 1. The molecule has 0 saturated carbocycles. The number of nitrogens with zero attached hydrogens (tertiary/aromatic N) is 3. The molecule has 162 valence electrons. The van der Waals surface area contributed by atoms with Crippen molar-refractivity contribution < 1.29 is 9.18 Å². The Morgan fingerprint density at radius 3 is 2.26 bits per heavy atom. The number of fused-ring (bicyclic) bond motifs is 1. The van der Waals surface area contributed by atoms with Gasteiger partial charge in [0.05, 0.1) is 5.56 Å². The van der Waals surface area contributed by atoms with Crippen molar-refractivity contribution in [2.45, 2.75) is 26.8 Å². The van der Waals surface area contributed by atoms with Crippen LogP contribution in [-0.4, -0.2) is 41.6 Å². The molecule has 3 aromatic rings. The number of amides is 1. The van der Waals surface area contributed by atoms with Crippen molar-refractivity contribution in [2.24, 2.45) is 5.92 Å². The van der Waals surface area contributed by atoms with Crippen LogP contribution >= 0.6 is 0 Å². The first-order valence-corrected chi connectivity index (χ1v) is 10.9. The Kier molecular flexibility index (Phi) is 6.07. The molecule has 1 fully saturated rings. The molecular formula is C25H28FN3O2. The molecule has 2 aromatic carbocycles. The van der Waals surface area contributed by atoms with Crippen molar-refractivity contribution in [3.8, 4) is 0 Å². The van der Waals surface area contributed by atoms with Crippen LogP contribution in [0.15, 0.2) is 59.5 Å².